The van der Waals surface area contributed by atoms with Gasteiger partial charge in [0.1, 0.15) is 12.3 Å². The van der Waals surface area contributed by atoms with Gasteiger partial charge in [0.15, 0.2) is 5.96 Å². The van der Waals surface area contributed by atoms with E-state index in [1.165, 1.54) is 0 Å². The number of hydrogen-bond donors (Lipinski definition) is 2. The molecule has 0 aromatic heterocycles. The first-order valence-corrected chi connectivity index (χ1v) is 10.4. The maximum absolute atomic E-state index is 12.4. The number of nitrogens with zero attached hydrogens (tertiary/aromatic N) is 3. The summed E-state index contributed by atoms with van der Waals surface area (Å²) < 4.78 is 5.33. The van der Waals surface area contributed by atoms with Crippen molar-refractivity contribution >= 4 is 47.2 Å². The third-order valence-corrected chi connectivity index (χ3v) is 5.02. The molecule has 1 heterocycles. The second kappa shape index (κ2) is 12.8. The minimum absolute atomic E-state index is 0. The smallest absolute Gasteiger partial charge is 0.246 e. The lowest BCUT2D eigenvalue weighted by molar-refractivity contribution is -0.114. The van der Waals surface area contributed by atoms with Crippen LogP contribution in [0.15, 0.2) is 53.5 Å². The molecule has 7 nitrogen and oxygen atoms in total. The number of benzene rings is 2. The minimum atomic E-state index is -0.181. The first-order chi connectivity index (χ1) is 15.1. The molecule has 2 N–H and O–H groups in total. The van der Waals surface area contributed by atoms with Crippen LogP contribution in [-0.4, -0.2) is 63.1 Å². The Morgan fingerprint density at radius 3 is 2.59 bits per heavy atom. The van der Waals surface area contributed by atoms with Crippen LogP contribution in [0.3, 0.4) is 0 Å². The maximum atomic E-state index is 12.4. The van der Waals surface area contributed by atoms with Gasteiger partial charge in [-0.15, -0.1) is 30.4 Å². The molecule has 1 aliphatic rings. The van der Waals surface area contributed by atoms with Crippen LogP contribution in [-0.2, 0) is 4.79 Å². The second-order valence-corrected chi connectivity index (χ2v) is 7.12. The van der Waals surface area contributed by atoms with Crippen LogP contribution in [0, 0.1) is 12.3 Å². The average molecular weight is 547 g/mol. The zero-order chi connectivity index (χ0) is 22.1. The molecule has 0 atom stereocenters. The van der Waals surface area contributed by atoms with Crippen molar-refractivity contribution in [1.82, 2.24) is 10.2 Å². The topological polar surface area (TPSA) is 69.2 Å². The summed E-state index contributed by atoms with van der Waals surface area (Å²) in [5, 5.41) is 6.14. The monoisotopic (exact) mass is 547 g/mol. The molecular formula is C24H30IN5O2. The van der Waals surface area contributed by atoms with Gasteiger partial charge in [-0.05, 0) is 37.3 Å². The maximum Gasteiger partial charge on any atom is 0.246 e. The molecule has 0 spiro atoms. The van der Waals surface area contributed by atoms with Crippen molar-refractivity contribution in [2.75, 3.05) is 56.6 Å². The molecule has 2 aromatic carbocycles. The highest BCUT2D eigenvalue weighted by Crippen LogP contribution is 2.22. The van der Waals surface area contributed by atoms with E-state index in [9.17, 15) is 4.79 Å². The number of piperazine rings is 1. The van der Waals surface area contributed by atoms with Crippen LogP contribution in [0.5, 0.6) is 5.75 Å². The normalized spacial score (nSPS) is 13.6. The second-order valence-electron chi connectivity index (χ2n) is 7.12. The number of ether oxygens (including phenoxy) is 1. The summed E-state index contributed by atoms with van der Waals surface area (Å²) in [6.45, 7) is 6.15. The summed E-state index contributed by atoms with van der Waals surface area (Å²) >= 11 is 0. The summed E-state index contributed by atoms with van der Waals surface area (Å²) in [6.07, 6.45) is 5.42. The highest BCUT2D eigenvalue weighted by Gasteiger charge is 2.20. The average Bonchev–Trinajstić information content (AvgIpc) is 2.82. The van der Waals surface area contributed by atoms with Crippen LogP contribution in [0.1, 0.15) is 12.5 Å². The lowest BCUT2D eigenvalue weighted by atomic mass is 10.2. The lowest BCUT2D eigenvalue weighted by Crippen LogP contribution is -2.52. The molecule has 1 fully saturated rings. The molecule has 1 aliphatic heterocycles. The molecule has 1 saturated heterocycles. The fourth-order valence-corrected chi connectivity index (χ4v) is 3.44. The first-order valence-electron chi connectivity index (χ1n) is 10.4. The van der Waals surface area contributed by atoms with Gasteiger partial charge < -0.3 is 25.2 Å². The number of aliphatic imine (C=N–C) groups is 1. The van der Waals surface area contributed by atoms with Gasteiger partial charge in [-0.1, -0.05) is 18.1 Å². The SMILES string of the molecule is C#Cc1cccc(NC(=O)CN=C(NCC)N2CCN(c3cccc(OC)c3)CC2)c1.I. The molecule has 1 amide bonds. The van der Waals surface area contributed by atoms with Crippen LogP contribution in [0.4, 0.5) is 11.4 Å². The van der Waals surface area contributed by atoms with Gasteiger partial charge in [-0.3, -0.25) is 4.79 Å². The van der Waals surface area contributed by atoms with E-state index in [4.69, 9.17) is 11.2 Å². The molecule has 3 rings (SSSR count). The summed E-state index contributed by atoms with van der Waals surface area (Å²) in [4.78, 5) is 21.4. The number of carbonyl (C=O) groups excluding carboxylic acids is 1. The molecule has 170 valence electrons. The Bertz CT molecular complexity index is 965. The number of anilines is 2. The summed E-state index contributed by atoms with van der Waals surface area (Å²) in [5.41, 5.74) is 2.55. The van der Waals surface area contributed by atoms with E-state index in [1.807, 2.05) is 37.3 Å². The number of carbonyl (C=O) groups is 1. The highest BCUT2D eigenvalue weighted by atomic mass is 127. The number of guanidine groups is 1. The molecule has 2 aromatic rings. The minimum Gasteiger partial charge on any atom is -0.497 e. The Hall–Kier alpha value is -2.93. The number of amides is 1. The van der Waals surface area contributed by atoms with Crippen LogP contribution in [0.2, 0.25) is 0 Å². The van der Waals surface area contributed by atoms with Gasteiger partial charge >= 0.3 is 0 Å². The van der Waals surface area contributed by atoms with Gasteiger partial charge in [-0.25, -0.2) is 4.99 Å². The number of rotatable bonds is 6. The van der Waals surface area contributed by atoms with E-state index in [-0.39, 0.29) is 36.4 Å². The summed E-state index contributed by atoms with van der Waals surface area (Å²) in [6, 6.07) is 15.3. The Morgan fingerprint density at radius 2 is 1.91 bits per heavy atom. The van der Waals surface area contributed by atoms with Crippen molar-refractivity contribution < 1.29 is 9.53 Å². The number of halogens is 1. The van der Waals surface area contributed by atoms with Crippen molar-refractivity contribution in [3.63, 3.8) is 0 Å². The molecular weight excluding hydrogens is 517 g/mol. The Kier molecular flexibility index (Phi) is 10.1. The van der Waals surface area contributed by atoms with Crippen molar-refractivity contribution in [2.45, 2.75) is 6.92 Å². The Morgan fingerprint density at radius 1 is 1.16 bits per heavy atom. The van der Waals surface area contributed by atoms with Crippen LogP contribution >= 0.6 is 24.0 Å². The van der Waals surface area contributed by atoms with E-state index in [2.05, 4.69) is 43.5 Å². The van der Waals surface area contributed by atoms with Gasteiger partial charge in [0.25, 0.3) is 0 Å². The molecule has 0 radical (unpaired) electrons. The fourth-order valence-electron chi connectivity index (χ4n) is 3.44. The predicted octanol–water partition coefficient (Wildman–Crippen LogP) is 3.02. The fraction of sp³-hybridized carbons (Fsp3) is 0.333. The molecule has 32 heavy (non-hydrogen) atoms. The van der Waals surface area contributed by atoms with E-state index < -0.39 is 0 Å². The first kappa shape index (κ1) is 25.3. The van der Waals surface area contributed by atoms with Gasteiger partial charge in [0.2, 0.25) is 5.91 Å². The Balaban J connectivity index is 0.00000363. The Labute approximate surface area is 207 Å². The van der Waals surface area contributed by atoms with E-state index in [1.54, 1.807) is 13.2 Å². The highest BCUT2D eigenvalue weighted by molar-refractivity contribution is 14.0. The van der Waals surface area contributed by atoms with Crippen LogP contribution < -0.4 is 20.3 Å². The van der Waals surface area contributed by atoms with Gasteiger partial charge in [0.05, 0.1) is 7.11 Å². The van der Waals surface area contributed by atoms with Crippen molar-refractivity contribution in [2.24, 2.45) is 4.99 Å². The summed E-state index contributed by atoms with van der Waals surface area (Å²) in [5.74, 6) is 3.99. The van der Waals surface area contributed by atoms with Crippen LogP contribution in [0.25, 0.3) is 0 Å². The van der Waals surface area contributed by atoms with E-state index in [0.717, 1.165) is 55.7 Å². The van der Waals surface area contributed by atoms with Gasteiger partial charge in [0, 0.05) is 55.7 Å². The van der Waals surface area contributed by atoms with Crippen molar-refractivity contribution in [3.05, 3.63) is 54.1 Å². The van der Waals surface area contributed by atoms with E-state index >= 15 is 0 Å². The third kappa shape index (κ3) is 7.05. The van der Waals surface area contributed by atoms with Gasteiger partial charge in [-0.2, -0.15) is 0 Å². The zero-order valence-corrected chi connectivity index (χ0v) is 20.8. The summed E-state index contributed by atoms with van der Waals surface area (Å²) in [7, 11) is 1.68. The molecule has 0 bridgehead atoms. The van der Waals surface area contributed by atoms with Crippen molar-refractivity contribution in [1.29, 1.82) is 0 Å². The largest absolute Gasteiger partial charge is 0.497 e. The molecule has 0 aliphatic carbocycles. The molecule has 8 heteroatoms. The number of methoxy groups -OCH3 is 1. The quantitative estimate of drug-likeness (QED) is 0.252. The number of nitrogens with one attached hydrogen (secondary N) is 2. The number of hydrogen-bond acceptors (Lipinski definition) is 4. The molecule has 0 saturated carbocycles. The zero-order valence-electron chi connectivity index (χ0n) is 18.5. The predicted molar refractivity (Wildman–Crippen MR) is 141 cm³/mol. The standard InChI is InChI=1S/C24H29N5O2.HI/c1-4-19-8-6-9-20(16-19)27-23(30)18-26-24(25-5-2)29-14-12-28(13-15-29)21-10-7-11-22(17-21)31-3;/h1,6-11,16-17H,5,12-15,18H2,2-3H3,(H,25,26)(H,27,30);1H. The third-order valence-electron chi connectivity index (χ3n) is 5.02. The van der Waals surface area contributed by atoms with E-state index in [0.29, 0.717) is 5.69 Å². The lowest BCUT2D eigenvalue weighted by Gasteiger charge is -2.37. The molecule has 0 unspecified atom stereocenters. The van der Waals surface area contributed by atoms with Crippen molar-refractivity contribution in [3.8, 4) is 18.1 Å². The number of terminal acetylenes is 1.